The fraction of sp³-hybridized carbons (Fsp3) is 0. The Labute approximate surface area is 90.0 Å². The maximum absolute atomic E-state index is 12.8. The summed E-state index contributed by atoms with van der Waals surface area (Å²) in [7, 11) is 0. The number of benzene rings is 1. The molecule has 0 saturated heterocycles. The third-order valence-electron chi connectivity index (χ3n) is 1.38. The van der Waals surface area contributed by atoms with E-state index in [1.54, 1.807) is 0 Å². The molecule has 1 rings (SSSR count). The van der Waals surface area contributed by atoms with E-state index in [9.17, 15) is 25.0 Å². The Morgan fingerprint density at radius 2 is 1.12 bits per heavy atom. The summed E-state index contributed by atoms with van der Waals surface area (Å²) in [5, 5.41) is 0. The van der Waals surface area contributed by atoms with Crippen LogP contribution in [0.15, 0.2) is 0 Å². The molecule has 1 aromatic carbocycles. The Morgan fingerprint density at radius 1 is 0.812 bits per heavy atom. The van der Waals surface area contributed by atoms with Gasteiger partial charge in [-0.05, 0) is 0 Å². The van der Waals surface area contributed by atoms with Crippen LogP contribution in [0.25, 0.3) is 0 Å². The SMILES string of the molecule is [O]=[Sb]([OH])([OH])[O]c1c(F)c(F)c(F)c(F)c1F. The third-order valence-corrected chi connectivity index (χ3v) is 2.58. The first-order valence-corrected chi connectivity index (χ1v) is 7.78. The van der Waals surface area contributed by atoms with E-state index < -0.39 is 54.9 Å². The Balaban J connectivity index is 3.46. The van der Waals surface area contributed by atoms with Crippen LogP contribution in [-0.4, -0.2) is 26.8 Å². The van der Waals surface area contributed by atoms with Crippen LogP contribution in [-0.2, 0) is 3.02 Å². The molecule has 0 aliphatic heterocycles. The van der Waals surface area contributed by atoms with E-state index in [4.69, 9.17) is 6.77 Å². The fourth-order valence-electron chi connectivity index (χ4n) is 0.784. The van der Waals surface area contributed by atoms with Crippen LogP contribution in [0.3, 0.4) is 0 Å². The van der Waals surface area contributed by atoms with Crippen LogP contribution in [0.4, 0.5) is 22.0 Å². The summed E-state index contributed by atoms with van der Waals surface area (Å²) in [5.41, 5.74) is 0. The van der Waals surface area contributed by atoms with E-state index in [1.165, 1.54) is 0 Å². The van der Waals surface area contributed by atoms with Gasteiger partial charge >= 0.3 is 89.6 Å². The van der Waals surface area contributed by atoms with Crippen molar-refractivity contribution in [2.75, 3.05) is 0 Å². The van der Waals surface area contributed by atoms with Gasteiger partial charge in [-0.25, -0.2) is 0 Å². The van der Waals surface area contributed by atoms with Gasteiger partial charge in [0, 0.05) is 0 Å². The Kier molecular flexibility index (Phi) is 3.51. The molecule has 0 bridgehead atoms. The van der Waals surface area contributed by atoms with E-state index >= 15 is 0 Å². The molecule has 10 heteroatoms. The predicted molar refractivity (Wildman–Crippen MR) is 37.7 cm³/mol. The normalized spacial score (nSPS) is 11.7. The van der Waals surface area contributed by atoms with Gasteiger partial charge in [-0.1, -0.05) is 0 Å². The first kappa shape index (κ1) is 13.3. The van der Waals surface area contributed by atoms with Crippen molar-refractivity contribution in [2.45, 2.75) is 0 Å². The summed E-state index contributed by atoms with van der Waals surface area (Å²) in [4.78, 5) is 0. The van der Waals surface area contributed by atoms with Crippen molar-refractivity contribution in [1.29, 1.82) is 0 Å². The molecule has 0 radical (unpaired) electrons. The van der Waals surface area contributed by atoms with Crippen LogP contribution >= 0.6 is 0 Å². The summed E-state index contributed by atoms with van der Waals surface area (Å²) in [6.45, 7) is 0. The molecule has 0 spiro atoms. The molecular weight excluding hydrogens is 353 g/mol. The molecule has 0 aliphatic rings. The molecule has 4 nitrogen and oxygen atoms in total. The van der Waals surface area contributed by atoms with E-state index in [1.807, 2.05) is 0 Å². The molecule has 0 heterocycles. The number of halogens is 5. The Bertz CT molecular complexity index is 455. The van der Waals surface area contributed by atoms with Gasteiger partial charge in [0.15, 0.2) is 0 Å². The molecule has 0 fully saturated rings. The molecular formula is C6H2F5O4Sb. The molecule has 0 unspecified atom stereocenters. The topological polar surface area (TPSA) is 66.8 Å². The van der Waals surface area contributed by atoms with Crippen LogP contribution in [0.2, 0.25) is 0 Å². The van der Waals surface area contributed by atoms with E-state index in [0.717, 1.165) is 0 Å². The number of hydrogen-bond acceptors (Lipinski definition) is 2. The summed E-state index contributed by atoms with van der Waals surface area (Å²) in [6, 6.07) is 0. The van der Waals surface area contributed by atoms with Gasteiger partial charge in [0.05, 0.1) is 0 Å². The minimum absolute atomic E-state index is 1.98. The predicted octanol–water partition coefficient (Wildman–Crippen LogP) is 0.612. The van der Waals surface area contributed by atoms with Gasteiger partial charge < -0.3 is 0 Å². The molecule has 0 amide bonds. The molecule has 0 aliphatic carbocycles. The average Bonchev–Trinajstić information content (AvgIpc) is 2.17. The van der Waals surface area contributed by atoms with Crippen LogP contribution < -0.4 is 3.02 Å². The van der Waals surface area contributed by atoms with E-state index in [2.05, 4.69) is 3.02 Å². The van der Waals surface area contributed by atoms with Gasteiger partial charge in [-0.3, -0.25) is 0 Å². The van der Waals surface area contributed by atoms with Crippen molar-refractivity contribution < 1.29 is 34.8 Å². The first-order chi connectivity index (χ1) is 7.15. The zero-order chi connectivity index (χ0) is 12.7. The van der Waals surface area contributed by atoms with Gasteiger partial charge in [-0.15, -0.1) is 0 Å². The second kappa shape index (κ2) is 4.23. The van der Waals surface area contributed by atoms with Gasteiger partial charge in [-0.2, -0.15) is 0 Å². The average molecular weight is 355 g/mol. The summed E-state index contributed by atoms with van der Waals surface area (Å²) < 4.78 is 93.3. The van der Waals surface area contributed by atoms with Crippen molar-refractivity contribution in [3.63, 3.8) is 0 Å². The molecule has 2 N–H and O–H groups in total. The van der Waals surface area contributed by atoms with Crippen LogP contribution in [0.1, 0.15) is 0 Å². The second-order valence-corrected chi connectivity index (χ2v) is 5.80. The third kappa shape index (κ3) is 2.47. The summed E-state index contributed by atoms with van der Waals surface area (Å²) >= 11 is -6.32. The van der Waals surface area contributed by atoms with Crippen molar-refractivity contribution in [1.82, 2.24) is 0 Å². The van der Waals surface area contributed by atoms with Crippen molar-refractivity contribution in [3.05, 3.63) is 29.1 Å². The Morgan fingerprint density at radius 3 is 1.44 bits per heavy atom. The fourth-order valence-corrected chi connectivity index (χ4v) is 1.92. The number of rotatable bonds is 2. The van der Waals surface area contributed by atoms with E-state index in [0.29, 0.717) is 0 Å². The van der Waals surface area contributed by atoms with Crippen LogP contribution in [0, 0.1) is 29.1 Å². The second-order valence-electron chi connectivity index (χ2n) is 2.48. The number of hydrogen-bond donors (Lipinski definition) is 2. The molecule has 0 saturated carbocycles. The van der Waals surface area contributed by atoms with Gasteiger partial charge in [0.25, 0.3) is 0 Å². The zero-order valence-corrected chi connectivity index (χ0v) is 9.60. The van der Waals surface area contributed by atoms with Crippen molar-refractivity contribution in [2.24, 2.45) is 0 Å². The summed E-state index contributed by atoms with van der Waals surface area (Å²) in [6.07, 6.45) is 0. The Hall–Kier alpha value is -0.792. The molecule has 16 heavy (non-hydrogen) atoms. The van der Waals surface area contributed by atoms with Crippen LogP contribution in [0.5, 0.6) is 5.75 Å². The molecule has 0 atom stereocenters. The van der Waals surface area contributed by atoms with Crippen molar-refractivity contribution >= 4 is 20.1 Å². The van der Waals surface area contributed by atoms with Gasteiger partial charge in [0.2, 0.25) is 0 Å². The molecule has 0 aromatic heterocycles. The molecule has 1 aromatic rings. The van der Waals surface area contributed by atoms with Gasteiger partial charge in [0.1, 0.15) is 0 Å². The molecule has 90 valence electrons. The first-order valence-electron chi connectivity index (χ1n) is 3.41. The summed E-state index contributed by atoms with van der Waals surface area (Å²) in [5.74, 6) is -14.0. The zero-order valence-electron chi connectivity index (χ0n) is 7.05. The van der Waals surface area contributed by atoms with E-state index in [-0.39, 0.29) is 0 Å². The van der Waals surface area contributed by atoms with Crippen molar-refractivity contribution in [3.8, 4) is 5.75 Å². The quantitative estimate of drug-likeness (QED) is 0.353. The minimum atomic E-state index is -6.32. The maximum atomic E-state index is 12.8. The monoisotopic (exact) mass is 354 g/mol. The standard InChI is InChI=1S/C6HF5O.2H2O.O.Sb/c7-1-2(8)4(10)6(12)5(11)3(1)9;;;;/h12H;2*1H2;;/q;;;;+3/p-3.